The predicted octanol–water partition coefficient (Wildman–Crippen LogP) is 4.80. The standard InChI is InChI=1S/C28H28FNO7/c1-33-23-11-9-19-20(14-22(23)31)21(30-28(32)37-15-16-6-5-7-18(29)12-16)10-8-17-13-24(34-2)26(35-3)27(36-4)25(17)19/h5-7,9,11-14,21H,8,10,15H2,1-4H3,(H,30,32). The van der Waals surface area contributed by atoms with Crippen LogP contribution in [0.15, 0.2) is 53.3 Å². The summed E-state index contributed by atoms with van der Waals surface area (Å²) in [6, 6.07) is 11.9. The Balaban J connectivity index is 1.78. The van der Waals surface area contributed by atoms with E-state index in [1.807, 2.05) is 6.07 Å². The number of amides is 1. The summed E-state index contributed by atoms with van der Waals surface area (Å²) in [5.41, 5.74) is 3.04. The van der Waals surface area contributed by atoms with Gasteiger partial charge in [-0.15, -0.1) is 0 Å². The van der Waals surface area contributed by atoms with Crippen LogP contribution in [-0.2, 0) is 17.8 Å². The highest BCUT2D eigenvalue weighted by Crippen LogP contribution is 2.50. The molecule has 0 radical (unpaired) electrons. The molecule has 0 saturated carbocycles. The molecule has 0 fully saturated rings. The number of carbonyl (C=O) groups is 1. The molecule has 194 valence electrons. The van der Waals surface area contributed by atoms with Gasteiger partial charge in [0.25, 0.3) is 0 Å². The summed E-state index contributed by atoms with van der Waals surface area (Å²) in [5, 5.41) is 2.87. The van der Waals surface area contributed by atoms with Crippen molar-refractivity contribution in [2.45, 2.75) is 25.5 Å². The van der Waals surface area contributed by atoms with Crippen LogP contribution >= 0.6 is 0 Å². The first-order valence-corrected chi connectivity index (χ1v) is 11.6. The molecule has 1 unspecified atom stereocenters. The first-order chi connectivity index (χ1) is 17.9. The van der Waals surface area contributed by atoms with E-state index in [2.05, 4.69) is 5.32 Å². The van der Waals surface area contributed by atoms with Crippen LogP contribution < -0.4 is 29.7 Å². The van der Waals surface area contributed by atoms with Crippen LogP contribution in [-0.4, -0.2) is 34.5 Å². The summed E-state index contributed by atoms with van der Waals surface area (Å²) in [4.78, 5) is 25.7. The van der Waals surface area contributed by atoms with Crippen LogP contribution in [0.2, 0.25) is 0 Å². The largest absolute Gasteiger partial charge is 0.493 e. The van der Waals surface area contributed by atoms with Gasteiger partial charge in [0.2, 0.25) is 11.2 Å². The first kappa shape index (κ1) is 25.8. The van der Waals surface area contributed by atoms with Gasteiger partial charge in [-0.2, -0.15) is 0 Å². The lowest BCUT2D eigenvalue weighted by atomic mass is 9.95. The summed E-state index contributed by atoms with van der Waals surface area (Å²) in [6.07, 6.45) is 0.295. The Bertz CT molecular complexity index is 1380. The minimum absolute atomic E-state index is 0.102. The van der Waals surface area contributed by atoms with Crippen LogP contribution in [0.3, 0.4) is 0 Å². The number of aryl methyl sites for hydroxylation is 1. The minimum atomic E-state index is -0.695. The number of methoxy groups -OCH3 is 4. The number of alkyl carbamates (subject to hydrolysis) is 1. The van der Waals surface area contributed by atoms with Crippen molar-refractivity contribution in [3.8, 4) is 34.1 Å². The Morgan fingerprint density at radius 2 is 1.70 bits per heavy atom. The zero-order valence-corrected chi connectivity index (χ0v) is 21.1. The number of halogens is 1. The molecule has 1 atom stereocenters. The van der Waals surface area contributed by atoms with Crippen molar-refractivity contribution in [3.63, 3.8) is 0 Å². The first-order valence-electron chi connectivity index (χ1n) is 11.6. The van der Waals surface area contributed by atoms with Crippen LogP contribution in [0.5, 0.6) is 23.0 Å². The zero-order valence-electron chi connectivity index (χ0n) is 21.1. The number of carbonyl (C=O) groups excluding carboxylic acids is 1. The van der Waals surface area contributed by atoms with E-state index >= 15 is 0 Å². The van der Waals surface area contributed by atoms with Crippen LogP contribution in [0.4, 0.5) is 9.18 Å². The topological polar surface area (TPSA) is 92.3 Å². The van der Waals surface area contributed by atoms with E-state index in [1.165, 1.54) is 39.5 Å². The smallest absolute Gasteiger partial charge is 0.407 e. The van der Waals surface area contributed by atoms with Gasteiger partial charge in [-0.05, 0) is 65.4 Å². The quantitative estimate of drug-likeness (QED) is 0.489. The molecule has 0 saturated heterocycles. The van der Waals surface area contributed by atoms with Crippen LogP contribution in [0, 0.1) is 5.82 Å². The van der Waals surface area contributed by atoms with E-state index in [4.69, 9.17) is 23.7 Å². The fraction of sp³-hybridized carbons (Fsp3) is 0.286. The molecular weight excluding hydrogens is 481 g/mol. The van der Waals surface area contributed by atoms with Crippen molar-refractivity contribution in [3.05, 3.63) is 81.3 Å². The number of nitrogens with one attached hydrogen (secondary N) is 1. The normalized spacial score (nSPS) is 13.9. The Kier molecular flexibility index (Phi) is 7.81. The van der Waals surface area contributed by atoms with E-state index in [-0.39, 0.29) is 17.8 Å². The maximum absolute atomic E-state index is 13.5. The van der Waals surface area contributed by atoms with Crippen molar-refractivity contribution >= 4 is 6.09 Å². The van der Waals surface area contributed by atoms with Gasteiger partial charge in [0.1, 0.15) is 12.4 Å². The van der Waals surface area contributed by atoms with Crippen molar-refractivity contribution in [2.24, 2.45) is 0 Å². The van der Waals surface area contributed by atoms with E-state index in [0.717, 1.165) is 11.1 Å². The highest BCUT2D eigenvalue weighted by molar-refractivity contribution is 5.83. The van der Waals surface area contributed by atoms with Gasteiger partial charge in [-0.1, -0.05) is 18.2 Å². The molecule has 0 bridgehead atoms. The second-order valence-electron chi connectivity index (χ2n) is 8.40. The van der Waals surface area contributed by atoms with E-state index in [1.54, 1.807) is 31.4 Å². The Hall–Kier alpha value is -4.27. The van der Waals surface area contributed by atoms with Gasteiger partial charge in [-0.3, -0.25) is 4.79 Å². The average molecular weight is 510 g/mol. The third-order valence-corrected chi connectivity index (χ3v) is 6.27. The molecule has 3 aromatic carbocycles. The molecule has 0 aromatic heterocycles. The van der Waals surface area contributed by atoms with Crippen LogP contribution in [0.25, 0.3) is 11.1 Å². The summed E-state index contributed by atoms with van der Waals surface area (Å²) in [5.74, 6) is 1.10. The van der Waals surface area contributed by atoms with Crippen molar-refractivity contribution in [1.82, 2.24) is 5.32 Å². The second kappa shape index (κ2) is 11.2. The molecule has 4 rings (SSSR count). The van der Waals surface area contributed by atoms with Crippen LogP contribution in [0.1, 0.15) is 29.2 Å². The maximum Gasteiger partial charge on any atom is 0.407 e. The van der Waals surface area contributed by atoms with Gasteiger partial charge in [0.05, 0.1) is 34.5 Å². The maximum atomic E-state index is 13.5. The number of benzene rings is 2. The molecular formula is C28H28FNO7. The van der Waals surface area contributed by atoms with Gasteiger partial charge < -0.3 is 29.0 Å². The lowest BCUT2D eigenvalue weighted by molar-refractivity contribution is 0.135. The lowest BCUT2D eigenvalue weighted by Crippen LogP contribution is -2.29. The van der Waals surface area contributed by atoms with Crippen molar-refractivity contribution in [1.29, 1.82) is 0 Å². The summed E-state index contributed by atoms with van der Waals surface area (Å²) < 4.78 is 41.0. The lowest BCUT2D eigenvalue weighted by Gasteiger charge is -2.20. The molecule has 37 heavy (non-hydrogen) atoms. The fourth-order valence-electron chi connectivity index (χ4n) is 4.58. The highest BCUT2D eigenvalue weighted by Gasteiger charge is 2.30. The molecule has 1 N–H and O–H groups in total. The molecule has 0 aliphatic heterocycles. The molecule has 1 aliphatic rings. The molecule has 0 heterocycles. The van der Waals surface area contributed by atoms with Gasteiger partial charge in [0, 0.05) is 5.56 Å². The molecule has 8 nitrogen and oxygen atoms in total. The van der Waals surface area contributed by atoms with Crippen molar-refractivity contribution in [2.75, 3.05) is 28.4 Å². The number of rotatable bonds is 7. The number of hydrogen-bond donors (Lipinski definition) is 1. The molecule has 9 heteroatoms. The Morgan fingerprint density at radius 3 is 2.38 bits per heavy atom. The monoisotopic (exact) mass is 509 g/mol. The summed E-state index contributed by atoms with van der Waals surface area (Å²) in [6.45, 7) is -0.102. The van der Waals surface area contributed by atoms with Gasteiger partial charge in [-0.25, -0.2) is 9.18 Å². The van der Waals surface area contributed by atoms with E-state index < -0.39 is 18.0 Å². The average Bonchev–Trinajstić information content (AvgIpc) is 3.14. The van der Waals surface area contributed by atoms with E-state index in [0.29, 0.717) is 46.8 Å². The number of hydrogen-bond acceptors (Lipinski definition) is 7. The molecule has 3 aromatic rings. The number of fused-ring (bicyclic) bond motifs is 3. The van der Waals surface area contributed by atoms with Gasteiger partial charge >= 0.3 is 6.09 Å². The molecule has 1 amide bonds. The Labute approximate surface area is 213 Å². The third kappa shape index (κ3) is 5.30. The van der Waals surface area contributed by atoms with Gasteiger partial charge in [0.15, 0.2) is 17.2 Å². The minimum Gasteiger partial charge on any atom is -0.493 e. The zero-order chi connectivity index (χ0) is 26.5. The second-order valence-corrected chi connectivity index (χ2v) is 8.40. The van der Waals surface area contributed by atoms with E-state index in [9.17, 15) is 14.0 Å². The van der Waals surface area contributed by atoms with Crippen molar-refractivity contribution < 1.29 is 32.9 Å². The predicted molar refractivity (Wildman–Crippen MR) is 135 cm³/mol. The summed E-state index contributed by atoms with van der Waals surface area (Å²) >= 11 is 0. The Morgan fingerprint density at radius 1 is 0.946 bits per heavy atom. The fourth-order valence-corrected chi connectivity index (χ4v) is 4.58. The summed E-state index contributed by atoms with van der Waals surface area (Å²) in [7, 11) is 6.02. The number of ether oxygens (including phenoxy) is 5. The SMILES string of the molecule is COc1cc2c(c(OC)c1OC)-c1ccc(OC)c(=O)cc1C(NC(=O)OCc1cccc(F)c1)CC2. The third-order valence-electron chi connectivity index (χ3n) is 6.27. The molecule has 0 spiro atoms. The highest BCUT2D eigenvalue weighted by atomic mass is 19.1. The molecule has 1 aliphatic carbocycles.